The molecular formula is C76H103N9O6S3. The summed E-state index contributed by atoms with van der Waals surface area (Å²) >= 11 is 0. The summed E-state index contributed by atoms with van der Waals surface area (Å²) in [5, 5.41) is 21.8. The van der Waals surface area contributed by atoms with Crippen LogP contribution in [0.15, 0.2) is 164 Å². The molecule has 0 saturated heterocycles. The van der Waals surface area contributed by atoms with E-state index in [1.807, 2.05) is 190 Å². The van der Waals surface area contributed by atoms with E-state index in [2.05, 4.69) is 65.1 Å². The number of rotatable bonds is 26. The van der Waals surface area contributed by atoms with Crippen LogP contribution in [0, 0.1) is 0 Å². The third-order valence-corrected chi connectivity index (χ3v) is 18.6. The van der Waals surface area contributed by atoms with Crippen LogP contribution in [-0.2, 0) is 51.7 Å². The van der Waals surface area contributed by atoms with E-state index in [9.17, 15) is 27.0 Å². The van der Waals surface area contributed by atoms with Gasteiger partial charge in [0.15, 0.2) is 0 Å². The molecule has 3 heterocycles. The number of aryl methyl sites for hydroxylation is 3. The Morgan fingerprint density at radius 1 is 0.426 bits per heavy atom. The first-order valence-corrected chi connectivity index (χ1v) is 35.5. The average Bonchev–Trinajstić information content (AvgIpc) is 0.803. The topological polar surface area (TPSA) is 213 Å². The molecule has 0 saturated carbocycles. The van der Waals surface area contributed by atoms with Crippen LogP contribution in [0.4, 0.5) is 34.1 Å². The van der Waals surface area contributed by atoms with Gasteiger partial charge >= 0.3 is 0 Å². The molecule has 6 aromatic carbocycles. The summed E-state index contributed by atoms with van der Waals surface area (Å²) in [4.78, 5) is 52.1. The molecule has 9 aromatic rings. The van der Waals surface area contributed by atoms with Gasteiger partial charge in [-0.05, 0) is 170 Å². The smallest absolute Gasteiger partial charge is 0.255 e. The number of hydrogen-bond donors (Lipinski definition) is 6. The van der Waals surface area contributed by atoms with Crippen LogP contribution in [0.2, 0.25) is 0 Å². The SMILES string of the molecule is C.C.C.C.CCCS(=O)CCc1ccc2ncc(C(=O)NC(C)(C)C)c(Nc3ccccc3)c2c1.CCCS(=O)CCc1ccc2ncc(C(=O)NC(C)C)c(Nc3ccccc3)c2c1.CCCS(=O)CCc1ccc2ncc(C(=O)NCC)c(Nc3ccccc3)c2c1. The number of nitrogens with one attached hydrogen (secondary N) is 6. The Morgan fingerprint density at radius 2 is 0.734 bits per heavy atom. The van der Waals surface area contributed by atoms with Crippen LogP contribution in [-0.4, -0.2) is 97.9 Å². The third kappa shape index (κ3) is 24.3. The molecule has 15 nitrogen and oxygen atoms in total. The van der Waals surface area contributed by atoms with E-state index in [1.54, 1.807) is 18.6 Å². The monoisotopic (exact) mass is 1330 g/mol. The molecule has 6 N–H and O–H groups in total. The van der Waals surface area contributed by atoms with Crippen molar-refractivity contribution in [1.29, 1.82) is 0 Å². The summed E-state index contributed by atoms with van der Waals surface area (Å²) < 4.78 is 36.2. The molecule has 3 unspecified atom stereocenters. The maximum atomic E-state index is 13.1. The molecule has 9 rings (SSSR count). The Kier molecular flexibility index (Phi) is 34.2. The van der Waals surface area contributed by atoms with Crippen LogP contribution in [0.5, 0.6) is 0 Å². The van der Waals surface area contributed by atoms with E-state index in [0.717, 1.165) is 139 Å². The van der Waals surface area contributed by atoms with Crippen molar-refractivity contribution in [2.75, 3.05) is 57.0 Å². The summed E-state index contributed by atoms with van der Waals surface area (Å²) in [6.07, 6.45) is 9.84. The Balaban J connectivity index is 0.000000360. The molecule has 506 valence electrons. The van der Waals surface area contributed by atoms with Gasteiger partial charge in [-0.2, -0.15) is 0 Å². The van der Waals surface area contributed by atoms with Gasteiger partial charge in [-0.25, -0.2) is 0 Å². The van der Waals surface area contributed by atoms with Crippen LogP contribution >= 0.6 is 0 Å². The quantitative estimate of drug-likeness (QED) is 0.0299. The second kappa shape index (κ2) is 40.1. The number of carbonyl (C=O) groups excluding carboxylic acids is 3. The maximum Gasteiger partial charge on any atom is 0.255 e. The first kappa shape index (κ1) is 80.0. The minimum absolute atomic E-state index is 0. The Bertz CT molecular complexity index is 3920. The van der Waals surface area contributed by atoms with Gasteiger partial charge < -0.3 is 31.9 Å². The zero-order chi connectivity index (χ0) is 64.6. The van der Waals surface area contributed by atoms with Gasteiger partial charge in [0.25, 0.3) is 17.7 Å². The van der Waals surface area contributed by atoms with Gasteiger partial charge in [-0.3, -0.25) is 42.0 Å². The van der Waals surface area contributed by atoms with Gasteiger partial charge in [-0.1, -0.05) is 123 Å². The van der Waals surface area contributed by atoms with Crippen LogP contribution in [0.1, 0.15) is 159 Å². The molecule has 0 aliphatic heterocycles. The number of carbonyl (C=O) groups is 3. The molecule has 3 amide bonds. The highest BCUT2D eigenvalue weighted by Gasteiger charge is 2.22. The predicted molar refractivity (Wildman–Crippen MR) is 405 cm³/mol. The summed E-state index contributed by atoms with van der Waals surface area (Å²) in [6.45, 7) is 18.3. The highest BCUT2D eigenvalue weighted by Crippen LogP contribution is 2.34. The van der Waals surface area contributed by atoms with Crippen LogP contribution in [0.25, 0.3) is 32.7 Å². The van der Waals surface area contributed by atoms with E-state index >= 15 is 0 Å². The second-order valence-corrected chi connectivity index (χ2v) is 28.2. The van der Waals surface area contributed by atoms with Crippen molar-refractivity contribution >= 4 is 117 Å². The molecule has 3 aromatic heterocycles. The standard InChI is InChI=1S/C25H31N3O2S.C24H29N3O2S.C23H27N3O2S.4CH4/c1-5-14-31(30)15-13-18-11-12-22-20(16-18)23(27-19-9-7-6-8-10-19)21(17-26-22)24(29)28-25(2,3)4;1-4-13-30(29)14-12-18-10-11-22-20(15-18)23(27-19-8-6-5-7-9-19)21(16-25-22)24(28)26-17(2)3;1-3-13-29(28)14-12-17-10-11-21-19(15-17)22(26-18-8-6-5-7-9-18)20(16-25-21)23(27)24-4-2;;;;/h6-12,16-17H,5,13-15H2,1-4H3,(H,26,27)(H,28,29);5-11,15-17H,4,12-14H2,1-3H3,(H,25,27)(H,26,28);5-11,15-16H,3-4,12-14H2,1-2H3,(H,24,27)(H,25,26);4*1H4. The van der Waals surface area contributed by atoms with Crippen molar-refractivity contribution in [3.05, 3.63) is 198 Å². The number of hydrogen-bond acceptors (Lipinski definition) is 12. The number of amides is 3. The van der Waals surface area contributed by atoms with Crippen molar-refractivity contribution in [3.8, 4) is 0 Å². The largest absolute Gasteiger partial charge is 0.354 e. The minimum Gasteiger partial charge on any atom is -0.354 e. The lowest BCUT2D eigenvalue weighted by molar-refractivity contribution is 0.0916. The predicted octanol–water partition coefficient (Wildman–Crippen LogP) is 17.0. The van der Waals surface area contributed by atoms with Gasteiger partial charge in [0.1, 0.15) is 0 Å². The number of benzene rings is 6. The lowest BCUT2D eigenvalue weighted by Gasteiger charge is -2.22. The van der Waals surface area contributed by atoms with Crippen molar-refractivity contribution in [1.82, 2.24) is 30.9 Å². The molecule has 0 bridgehead atoms. The first-order valence-electron chi connectivity index (χ1n) is 31.0. The Morgan fingerprint density at radius 3 is 1.02 bits per heavy atom. The fraction of sp³-hybridized carbons (Fsp3) is 0.368. The number of fused-ring (bicyclic) bond motifs is 3. The van der Waals surface area contributed by atoms with Crippen molar-refractivity contribution < 1.29 is 27.0 Å². The van der Waals surface area contributed by atoms with Crippen molar-refractivity contribution in [2.45, 2.75) is 142 Å². The molecular weight excluding hydrogens is 1230 g/mol. The van der Waals surface area contributed by atoms with E-state index < -0.39 is 32.4 Å². The Hall–Kier alpha value is -8.19. The van der Waals surface area contributed by atoms with Crippen molar-refractivity contribution in [2.24, 2.45) is 0 Å². The normalized spacial score (nSPS) is 11.7. The first-order chi connectivity index (χ1) is 43.4. The molecule has 0 fully saturated rings. The molecule has 0 aliphatic carbocycles. The molecule has 0 aliphatic rings. The molecule has 0 radical (unpaired) electrons. The fourth-order valence-corrected chi connectivity index (χ4v) is 13.2. The van der Waals surface area contributed by atoms with Crippen LogP contribution < -0.4 is 31.9 Å². The minimum atomic E-state index is -0.810. The highest BCUT2D eigenvalue weighted by atomic mass is 32.2. The lowest BCUT2D eigenvalue weighted by Crippen LogP contribution is -2.40. The van der Waals surface area contributed by atoms with Crippen LogP contribution in [0.3, 0.4) is 0 Å². The third-order valence-electron chi connectivity index (χ3n) is 14.1. The lowest BCUT2D eigenvalue weighted by atomic mass is 10.0. The second-order valence-electron chi connectivity index (χ2n) is 23.2. The van der Waals surface area contributed by atoms with E-state index in [1.165, 1.54) is 0 Å². The molecule has 0 spiro atoms. The number of pyridine rings is 3. The number of nitrogens with zero attached hydrogens (tertiary/aromatic N) is 3. The van der Waals surface area contributed by atoms with Gasteiger partial charge in [0.2, 0.25) is 0 Å². The number of para-hydroxylation sites is 3. The molecule has 18 heteroatoms. The number of anilines is 6. The summed E-state index contributed by atoms with van der Waals surface area (Å²) in [6, 6.07) is 47.5. The highest BCUT2D eigenvalue weighted by molar-refractivity contribution is 7.85. The van der Waals surface area contributed by atoms with Gasteiger partial charge in [0.05, 0.1) is 50.3 Å². The van der Waals surface area contributed by atoms with Gasteiger partial charge in [0, 0.05) is 137 Å². The number of aromatic nitrogens is 3. The van der Waals surface area contributed by atoms with E-state index in [-0.39, 0.29) is 59.0 Å². The Labute approximate surface area is 568 Å². The summed E-state index contributed by atoms with van der Waals surface area (Å²) in [5.41, 5.74) is 11.8. The van der Waals surface area contributed by atoms with Gasteiger partial charge in [-0.15, -0.1) is 0 Å². The van der Waals surface area contributed by atoms with E-state index in [4.69, 9.17) is 0 Å². The zero-order valence-electron chi connectivity index (χ0n) is 53.4. The zero-order valence-corrected chi connectivity index (χ0v) is 55.8. The summed E-state index contributed by atoms with van der Waals surface area (Å²) in [5.74, 6) is 3.63. The maximum absolute atomic E-state index is 13.1. The van der Waals surface area contributed by atoms with E-state index in [0.29, 0.717) is 40.5 Å². The molecule has 94 heavy (non-hydrogen) atoms. The molecule has 3 atom stereocenters. The average molecular weight is 1330 g/mol. The fourth-order valence-electron chi connectivity index (χ4n) is 9.79. The summed E-state index contributed by atoms with van der Waals surface area (Å²) in [7, 11) is -2.42. The van der Waals surface area contributed by atoms with Crippen molar-refractivity contribution in [3.63, 3.8) is 0 Å².